The molecule has 0 unspecified atom stereocenters. The third-order valence-electron chi connectivity index (χ3n) is 2.98. The smallest absolute Gasteiger partial charge is 0.227 e. The molecule has 0 spiro atoms. The molecule has 0 saturated carbocycles. The van der Waals surface area contributed by atoms with Crippen molar-refractivity contribution in [2.75, 3.05) is 5.32 Å². The Morgan fingerprint density at radius 3 is 2.62 bits per heavy atom. The molecule has 3 aromatic rings. The van der Waals surface area contributed by atoms with Crippen molar-refractivity contribution in [1.29, 1.82) is 0 Å². The number of carbonyl (C=O) groups is 1. The second kappa shape index (κ2) is 5.85. The van der Waals surface area contributed by atoms with Gasteiger partial charge in [0.15, 0.2) is 5.78 Å². The van der Waals surface area contributed by atoms with Gasteiger partial charge in [-0.1, -0.05) is 6.07 Å². The molecule has 2 aromatic heterocycles. The quantitative estimate of drug-likeness (QED) is 0.735. The summed E-state index contributed by atoms with van der Waals surface area (Å²) in [5, 5.41) is 5.16. The highest BCUT2D eigenvalue weighted by molar-refractivity contribution is 7.13. The van der Waals surface area contributed by atoms with Crippen molar-refractivity contribution in [3.05, 3.63) is 59.6 Å². The second-order valence-corrected chi connectivity index (χ2v) is 5.45. The Morgan fingerprint density at radius 2 is 1.95 bits per heavy atom. The Hall–Kier alpha value is -2.53. The lowest BCUT2D eigenvalue weighted by Gasteiger charge is -2.06. The summed E-state index contributed by atoms with van der Waals surface area (Å²) in [5.74, 6) is 0.592. The summed E-state index contributed by atoms with van der Waals surface area (Å²) in [4.78, 5) is 21.1. The fourth-order valence-electron chi connectivity index (χ4n) is 1.90. The normalized spacial score (nSPS) is 10.3. The van der Waals surface area contributed by atoms with Crippen LogP contribution < -0.4 is 5.32 Å². The SMILES string of the molecule is CC(=O)c1ccc(Nc2nccc(-c3cccs3)n2)cc1. The molecule has 0 atom stereocenters. The van der Waals surface area contributed by atoms with Gasteiger partial charge < -0.3 is 5.32 Å². The molecule has 3 rings (SSSR count). The van der Waals surface area contributed by atoms with Crippen molar-refractivity contribution < 1.29 is 4.79 Å². The molecular formula is C16H13N3OS. The van der Waals surface area contributed by atoms with Crippen LogP contribution in [0.1, 0.15) is 17.3 Å². The van der Waals surface area contributed by atoms with Gasteiger partial charge in [0.2, 0.25) is 5.95 Å². The third-order valence-corrected chi connectivity index (χ3v) is 3.87. The number of anilines is 2. The Balaban J connectivity index is 1.81. The fourth-order valence-corrected chi connectivity index (χ4v) is 2.59. The number of aromatic nitrogens is 2. The van der Waals surface area contributed by atoms with E-state index in [-0.39, 0.29) is 5.78 Å². The first-order chi connectivity index (χ1) is 10.2. The number of hydrogen-bond acceptors (Lipinski definition) is 5. The molecule has 0 amide bonds. The van der Waals surface area contributed by atoms with Gasteiger partial charge in [-0.25, -0.2) is 9.97 Å². The summed E-state index contributed by atoms with van der Waals surface area (Å²) in [6, 6.07) is 13.2. The van der Waals surface area contributed by atoms with Crippen molar-refractivity contribution in [1.82, 2.24) is 9.97 Å². The molecule has 104 valence electrons. The largest absolute Gasteiger partial charge is 0.324 e. The standard InChI is InChI=1S/C16H13N3OS/c1-11(20)12-4-6-13(7-5-12)18-16-17-9-8-14(19-16)15-3-2-10-21-15/h2-10H,1H3,(H,17,18,19). The highest BCUT2D eigenvalue weighted by Gasteiger charge is 2.04. The van der Waals surface area contributed by atoms with Gasteiger partial charge in [0.25, 0.3) is 0 Å². The first-order valence-corrected chi connectivity index (χ1v) is 7.35. The Kier molecular flexibility index (Phi) is 3.75. The lowest BCUT2D eigenvalue weighted by Crippen LogP contribution is -1.98. The van der Waals surface area contributed by atoms with Gasteiger partial charge in [0.1, 0.15) is 0 Å². The molecular weight excluding hydrogens is 282 g/mol. The maximum Gasteiger partial charge on any atom is 0.227 e. The van der Waals surface area contributed by atoms with E-state index in [1.807, 2.05) is 35.7 Å². The number of nitrogens with zero attached hydrogens (tertiary/aromatic N) is 2. The predicted octanol–water partition coefficient (Wildman–Crippen LogP) is 4.15. The van der Waals surface area contributed by atoms with Crippen LogP contribution in [0, 0.1) is 0 Å². The van der Waals surface area contributed by atoms with Crippen LogP contribution in [0.25, 0.3) is 10.6 Å². The molecule has 4 nitrogen and oxygen atoms in total. The molecule has 1 aromatic carbocycles. The van der Waals surface area contributed by atoms with Crippen molar-refractivity contribution in [3.63, 3.8) is 0 Å². The predicted molar refractivity (Wildman–Crippen MR) is 85.1 cm³/mol. The molecule has 21 heavy (non-hydrogen) atoms. The summed E-state index contributed by atoms with van der Waals surface area (Å²) >= 11 is 1.64. The van der Waals surface area contributed by atoms with E-state index in [0.717, 1.165) is 16.3 Å². The maximum atomic E-state index is 11.2. The molecule has 0 bridgehead atoms. The maximum absolute atomic E-state index is 11.2. The number of thiophene rings is 1. The summed E-state index contributed by atoms with van der Waals surface area (Å²) in [5.41, 5.74) is 2.43. The van der Waals surface area contributed by atoms with Crippen LogP contribution in [0.5, 0.6) is 0 Å². The van der Waals surface area contributed by atoms with E-state index < -0.39 is 0 Å². The van der Waals surface area contributed by atoms with Gasteiger partial charge in [-0.2, -0.15) is 0 Å². The average Bonchev–Trinajstić information content (AvgIpc) is 3.02. The molecule has 0 saturated heterocycles. The summed E-state index contributed by atoms with van der Waals surface area (Å²) in [6.45, 7) is 1.55. The van der Waals surface area contributed by atoms with E-state index in [4.69, 9.17) is 0 Å². The minimum absolute atomic E-state index is 0.0532. The lowest BCUT2D eigenvalue weighted by molar-refractivity contribution is 0.101. The number of rotatable bonds is 4. The molecule has 0 aliphatic rings. The van der Waals surface area contributed by atoms with Crippen LogP contribution in [0.3, 0.4) is 0 Å². The minimum Gasteiger partial charge on any atom is -0.324 e. The first-order valence-electron chi connectivity index (χ1n) is 6.47. The number of carbonyl (C=O) groups excluding carboxylic acids is 1. The summed E-state index contributed by atoms with van der Waals surface area (Å²) < 4.78 is 0. The van der Waals surface area contributed by atoms with Gasteiger partial charge in [-0.15, -0.1) is 11.3 Å². The number of benzene rings is 1. The van der Waals surface area contributed by atoms with Gasteiger partial charge in [-0.05, 0) is 48.7 Å². The van der Waals surface area contributed by atoms with Gasteiger partial charge in [-0.3, -0.25) is 4.79 Å². The fraction of sp³-hybridized carbons (Fsp3) is 0.0625. The van der Waals surface area contributed by atoms with Crippen molar-refractivity contribution in [2.24, 2.45) is 0 Å². The van der Waals surface area contributed by atoms with Crippen molar-refractivity contribution >= 4 is 28.8 Å². The van der Waals surface area contributed by atoms with E-state index in [1.165, 1.54) is 0 Å². The summed E-state index contributed by atoms with van der Waals surface area (Å²) in [6.07, 6.45) is 1.73. The van der Waals surface area contributed by atoms with Crippen LogP contribution in [0.2, 0.25) is 0 Å². The molecule has 0 radical (unpaired) electrons. The molecule has 0 aliphatic heterocycles. The van der Waals surface area contributed by atoms with E-state index in [1.54, 1.807) is 36.6 Å². The zero-order chi connectivity index (χ0) is 14.7. The minimum atomic E-state index is 0.0532. The highest BCUT2D eigenvalue weighted by Crippen LogP contribution is 2.23. The second-order valence-electron chi connectivity index (χ2n) is 4.50. The topological polar surface area (TPSA) is 54.9 Å². The third kappa shape index (κ3) is 3.14. The number of nitrogens with one attached hydrogen (secondary N) is 1. The molecule has 2 heterocycles. The lowest BCUT2D eigenvalue weighted by atomic mass is 10.1. The number of ketones is 1. The average molecular weight is 295 g/mol. The summed E-state index contributed by atoms with van der Waals surface area (Å²) in [7, 11) is 0. The molecule has 1 N–H and O–H groups in total. The Bertz CT molecular complexity index is 751. The van der Waals surface area contributed by atoms with E-state index in [9.17, 15) is 4.79 Å². The monoisotopic (exact) mass is 295 g/mol. The first kappa shape index (κ1) is 13.5. The van der Waals surface area contributed by atoms with Gasteiger partial charge in [0, 0.05) is 17.4 Å². The van der Waals surface area contributed by atoms with Crippen molar-refractivity contribution in [3.8, 4) is 10.6 Å². The number of hydrogen-bond donors (Lipinski definition) is 1. The van der Waals surface area contributed by atoms with Gasteiger partial charge in [0.05, 0.1) is 10.6 Å². The van der Waals surface area contributed by atoms with E-state index in [2.05, 4.69) is 15.3 Å². The van der Waals surface area contributed by atoms with Crippen LogP contribution in [-0.2, 0) is 0 Å². The highest BCUT2D eigenvalue weighted by atomic mass is 32.1. The Labute approximate surface area is 126 Å². The zero-order valence-electron chi connectivity index (χ0n) is 11.4. The molecule has 5 heteroatoms. The van der Waals surface area contributed by atoms with E-state index in [0.29, 0.717) is 11.5 Å². The Morgan fingerprint density at radius 1 is 1.14 bits per heavy atom. The van der Waals surface area contributed by atoms with Crippen molar-refractivity contribution in [2.45, 2.75) is 6.92 Å². The van der Waals surface area contributed by atoms with Crippen LogP contribution in [-0.4, -0.2) is 15.8 Å². The van der Waals surface area contributed by atoms with E-state index >= 15 is 0 Å². The zero-order valence-corrected chi connectivity index (χ0v) is 12.2. The number of Topliss-reactive ketones (excluding diaryl/α,β-unsaturated/α-hetero) is 1. The van der Waals surface area contributed by atoms with Crippen LogP contribution >= 0.6 is 11.3 Å². The van der Waals surface area contributed by atoms with Crippen LogP contribution in [0.15, 0.2) is 54.0 Å². The molecule has 0 fully saturated rings. The van der Waals surface area contributed by atoms with Gasteiger partial charge >= 0.3 is 0 Å². The molecule has 0 aliphatic carbocycles. The van der Waals surface area contributed by atoms with Crippen LogP contribution in [0.4, 0.5) is 11.6 Å².